The van der Waals surface area contributed by atoms with Gasteiger partial charge in [-0.15, -0.1) is 0 Å². The van der Waals surface area contributed by atoms with Crippen LogP contribution in [-0.4, -0.2) is 22.0 Å². The Labute approximate surface area is 91.1 Å². The Morgan fingerprint density at radius 2 is 2.20 bits per heavy atom. The number of nitrogens with zero attached hydrogens (tertiary/aromatic N) is 1. The van der Waals surface area contributed by atoms with E-state index in [0.29, 0.717) is 0 Å². The summed E-state index contributed by atoms with van der Waals surface area (Å²) in [4.78, 5) is 25.6. The maximum absolute atomic E-state index is 11.4. The number of aromatic nitrogens is 1. The Morgan fingerprint density at radius 1 is 1.53 bits per heavy atom. The third-order valence-electron chi connectivity index (χ3n) is 1.71. The monoisotopic (exact) mass is 228 g/mol. The van der Waals surface area contributed by atoms with Crippen LogP contribution in [0, 0.1) is 0 Å². The number of hydrogen-bond acceptors (Lipinski definition) is 3. The zero-order chi connectivity index (χ0) is 11.4. The van der Waals surface area contributed by atoms with Crippen LogP contribution in [0.3, 0.4) is 0 Å². The molecule has 1 heterocycles. The highest BCUT2D eigenvalue weighted by Crippen LogP contribution is 2.18. The normalized spacial score (nSPS) is 9.73. The minimum atomic E-state index is -1.28. The van der Waals surface area contributed by atoms with Crippen molar-refractivity contribution in [1.29, 1.82) is 0 Å². The van der Waals surface area contributed by atoms with Crippen LogP contribution in [0.2, 0.25) is 5.15 Å². The van der Waals surface area contributed by atoms with Gasteiger partial charge in [0, 0.05) is 6.42 Å². The number of halogens is 1. The largest absolute Gasteiger partial charge is 0.465 e. The summed E-state index contributed by atoms with van der Waals surface area (Å²) in [6.45, 7) is 1.68. The first-order valence-electron chi connectivity index (χ1n) is 4.24. The Balaban J connectivity index is 3.13. The average molecular weight is 229 g/mol. The first-order valence-corrected chi connectivity index (χ1v) is 4.62. The van der Waals surface area contributed by atoms with E-state index < -0.39 is 6.09 Å². The molecule has 0 aromatic carbocycles. The van der Waals surface area contributed by atoms with Crippen molar-refractivity contribution >= 4 is 29.3 Å². The molecule has 0 saturated heterocycles. The van der Waals surface area contributed by atoms with Crippen LogP contribution >= 0.6 is 11.6 Å². The number of rotatable bonds is 3. The minimum Gasteiger partial charge on any atom is -0.465 e. The lowest BCUT2D eigenvalue weighted by Gasteiger charge is -2.06. The van der Waals surface area contributed by atoms with E-state index in [0.717, 1.165) is 0 Å². The van der Waals surface area contributed by atoms with Crippen LogP contribution in [0.4, 0.5) is 10.6 Å². The van der Waals surface area contributed by atoms with Gasteiger partial charge in [0.25, 0.3) is 0 Å². The smallest absolute Gasteiger partial charge is 0.410 e. The van der Waals surface area contributed by atoms with Crippen molar-refractivity contribution in [2.75, 3.05) is 5.32 Å². The van der Waals surface area contributed by atoms with Crippen molar-refractivity contribution in [3.63, 3.8) is 0 Å². The molecule has 15 heavy (non-hydrogen) atoms. The van der Waals surface area contributed by atoms with E-state index >= 15 is 0 Å². The number of pyridine rings is 1. The number of ketones is 1. The molecule has 0 radical (unpaired) electrons. The van der Waals surface area contributed by atoms with Crippen LogP contribution in [0.15, 0.2) is 12.1 Å². The van der Waals surface area contributed by atoms with E-state index in [1.807, 2.05) is 5.32 Å². The molecule has 0 atom stereocenters. The maximum Gasteiger partial charge on any atom is 0.410 e. The van der Waals surface area contributed by atoms with Crippen LogP contribution in [-0.2, 0) is 0 Å². The standard InChI is InChI=1S/C9H9ClN2O3/c1-2-6(13)5-3-4-7(10)11-8(5)12-9(14)15/h3-4H,2H2,1H3,(H,11,12)(H,14,15). The Hall–Kier alpha value is -1.62. The number of hydrogen-bond donors (Lipinski definition) is 2. The molecule has 0 bridgehead atoms. The number of nitrogens with one attached hydrogen (secondary N) is 1. The molecule has 1 rings (SSSR count). The van der Waals surface area contributed by atoms with E-state index in [1.165, 1.54) is 12.1 Å². The molecular formula is C9H9ClN2O3. The van der Waals surface area contributed by atoms with Crippen LogP contribution < -0.4 is 5.32 Å². The van der Waals surface area contributed by atoms with Crippen molar-refractivity contribution in [2.24, 2.45) is 0 Å². The van der Waals surface area contributed by atoms with Crippen molar-refractivity contribution < 1.29 is 14.7 Å². The van der Waals surface area contributed by atoms with Crippen LogP contribution in [0.5, 0.6) is 0 Å². The second kappa shape index (κ2) is 4.75. The average Bonchev–Trinajstić information content (AvgIpc) is 2.16. The van der Waals surface area contributed by atoms with Gasteiger partial charge >= 0.3 is 6.09 Å². The molecule has 5 nitrogen and oxygen atoms in total. The van der Waals surface area contributed by atoms with E-state index in [1.54, 1.807) is 6.92 Å². The molecule has 0 saturated carbocycles. The lowest BCUT2D eigenvalue weighted by molar-refractivity contribution is 0.0988. The zero-order valence-electron chi connectivity index (χ0n) is 7.95. The Bertz CT molecular complexity index is 406. The molecule has 0 aliphatic carbocycles. The molecule has 0 aliphatic rings. The summed E-state index contributed by atoms with van der Waals surface area (Å²) in [6.07, 6.45) is -1.01. The first kappa shape index (κ1) is 11.5. The summed E-state index contributed by atoms with van der Waals surface area (Å²) in [6, 6.07) is 2.89. The van der Waals surface area contributed by atoms with Gasteiger partial charge in [-0.25, -0.2) is 9.78 Å². The predicted octanol–water partition coefficient (Wildman–Crippen LogP) is 2.42. The lowest BCUT2D eigenvalue weighted by atomic mass is 10.1. The number of anilines is 1. The van der Waals surface area contributed by atoms with Gasteiger partial charge in [-0.05, 0) is 12.1 Å². The fourth-order valence-electron chi connectivity index (χ4n) is 1.05. The van der Waals surface area contributed by atoms with Gasteiger partial charge in [-0.3, -0.25) is 10.1 Å². The molecule has 0 fully saturated rings. The molecule has 1 aromatic heterocycles. The quantitative estimate of drug-likeness (QED) is 0.615. The minimum absolute atomic E-state index is 0.0261. The van der Waals surface area contributed by atoms with Gasteiger partial charge in [0.05, 0.1) is 5.56 Å². The van der Waals surface area contributed by atoms with E-state index in [2.05, 4.69) is 4.98 Å². The van der Waals surface area contributed by atoms with Gasteiger partial charge < -0.3 is 5.11 Å². The first-order chi connectivity index (χ1) is 7.04. The van der Waals surface area contributed by atoms with Crippen LogP contribution in [0.25, 0.3) is 0 Å². The van der Waals surface area contributed by atoms with Gasteiger partial charge in [0.1, 0.15) is 11.0 Å². The summed E-state index contributed by atoms with van der Waals surface area (Å²) in [7, 11) is 0. The SMILES string of the molecule is CCC(=O)c1ccc(Cl)nc1NC(=O)O. The number of Topliss-reactive ketones (excluding diaryl/α,β-unsaturated/α-hetero) is 1. The Kier molecular flexibility index (Phi) is 3.62. The summed E-state index contributed by atoms with van der Waals surface area (Å²) < 4.78 is 0. The molecule has 1 amide bonds. The summed E-state index contributed by atoms with van der Waals surface area (Å²) in [5.74, 6) is -0.218. The fraction of sp³-hybridized carbons (Fsp3) is 0.222. The predicted molar refractivity (Wildman–Crippen MR) is 55.5 cm³/mol. The highest BCUT2D eigenvalue weighted by molar-refractivity contribution is 6.29. The molecule has 0 spiro atoms. The molecule has 6 heteroatoms. The van der Waals surface area contributed by atoms with Gasteiger partial charge in [-0.1, -0.05) is 18.5 Å². The highest BCUT2D eigenvalue weighted by Gasteiger charge is 2.13. The zero-order valence-corrected chi connectivity index (χ0v) is 8.71. The molecule has 1 aromatic rings. The van der Waals surface area contributed by atoms with E-state index in [4.69, 9.17) is 16.7 Å². The Morgan fingerprint density at radius 3 is 2.73 bits per heavy atom. The van der Waals surface area contributed by atoms with Crippen LogP contribution in [0.1, 0.15) is 23.7 Å². The van der Waals surface area contributed by atoms with E-state index in [9.17, 15) is 9.59 Å². The topological polar surface area (TPSA) is 79.3 Å². The molecule has 0 unspecified atom stereocenters. The molecule has 80 valence electrons. The number of amides is 1. The van der Waals surface area contributed by atoms with Gasteiger partial charge in [0.15, 0.2) is 5.78 Å². The van der Waals surface area contributed by atoms with Gasteiger partial charge in [-0.2, -0.15) is 0 Å². The fourth-order valence-corrected chi connectivity index (χ4v) is 1.19. The third kappa shape index (κ3) is 2.92. The van der Waals surface area contributed by atoms with Gasteiger partial charge in [0.2, 0.25) is 0 Å². The molecule has 0 aliphatic heterocycles. The van der Waals surface area contributed by atoms with Crippen molar-refractivity contribution in [3.8, 4) is 0 Å². The second-order valence-electron chi connectivity index (χ2n) is 2.74. The second-order valence-corrected chi connectivity index (χ2v) is 3.12. The molecular weight excluding hydrogens is 220 g/mol. The number of carbonyl (C=O) groups excluding carboxylic acids is 1. The lowest BCUT2D eigenvalue weighted by Crippen LogP contribution is -2.13. The molecule has 2 N–H and O–H groups in total. The number of carbonyl (C=O) groups is 2. The van der Waals surface area contributed by atoms with Crippen molar-refractivity contribution in [2.45, 2.75) is 13.3 Å². The summed E-state index contributed by atoms with van der Waals surface area (Å²) in [5, 5.41) is 10.7. The summed E-state index contributed by atoms with van der Waals surface area (Å²) in [5.41, 5.74) is 0.226. The maximum atomic E-state index is 11.4. The third-order valence-corrected chi connectivity index (χ3v) is 1.92. The van der Waals surface area contributed by atoms with E-state index in [-0.39, 0.29) is 28.7 Å². The van der Waals surface area contributed by atoms with Crippen molar-refractivity contribution in [1.82, 2.24) is 4.98 Å². The summed E-state index contributed by atoms with van der Waals surface area (Å²) >= 11 is 5.59. The highest BCUT2D eigenvalue weighted by atomic mass is 35.5. The number of carboxylic acid groups (broad SMARTS) is 1. The van der Waals surface area contributed by atoms with Crippen molar-refractivity contribution in [3.05, 3.63) is 22.8 Å².